The molecule has 2 heterocycles. The normalized spacial score (nSPS) is 16.1. The van der Waals surface area contributed by atoms with Gasteiger partial charge in [0.1, 0.15) is 0 Å². The molecule has 0 amide bonds. The zero-order valence-corrected chi connectivity index (χ0v) is 16.9. The molecule has 0 fully saturated rings. The molecular weight excluding hydrogens is 384 g/mol. The number of thiophene rings is 1. The van der Waals surface area contributed by atoms with Crippen molar-refractivity contribution in [1.82, 2.24) is 4.31 Å². The van der Waals surface area contributed by atoms with Gasteiger partial charge in [-0.25, -0.2) is 18.2 Å². The van der Waals surface area contributed by atoms with Crippen LogP contribution < -0.4 is 0 Å². The maximum Gasteiger partial charge on any atom is 0.363 e. The predicted molar refractivity (Wildman–Crippen MR) is 106 cm³/mol. The number of aryl methyl sites for hydroxylation is 1. The van der Waals surface area contributed by atoms with Crippen molar-refractivity contribution in [2.24, 2.45) is 4.99 Å². The second-order valence-corrected chi connectivity index (χ2v) is 9.16. The van der Waals surface area contributed by atoms with Crippen LogP contribution in [0.4, 0.5) is 0 Å². The van der Waals surface area contributed by atoms with Crippen LogP contribution in [0.5, 0.6) is 0 Å². The first-order chi connectivity index (χ1) is 12.8. The highest BCUT2D eigenvalue weighted by Crippen LogP contribution is 2.24. The number of nitrogens with zero attached hydrogens (tertiary/aromatic N) is 2. The molecule has 0 N–H and O–H groups in total. The molecule has 27 heavy (non-hydrogen) atoms. The van der Waals surface area contributed by atoms with Gasteiger partial charge < -0.3 is 4.74 Å². The number of hydrogen-bond donors (Lipinski definition) is 0. The van der Waals surface area contributed by atoms with Crippen molar-refractivity contribution in [1.29, 1.82) is 0 Å². The summed E-state index contributed by atoms with van der Waals surface area (Å²) in [5.41, 5.74) is 0.645. The van der Waals surface area contributed by atoms with Gasteiger partial charge in [-0.3, -0.25) is 0 Å². The Balaban J connectivity index is 1.95. The van der Waals surface area contributed by atoms with Crippen molar-refractivity contribution in [3.63, 3.8) is 0 Å². The average molecular weight is 405 g/mol. The Hall–Kier alpha value is -2.29. The molecule has 3 rings (SSSR count). The molecule has 0 aliphatic carbocycles. The zero-order chi connectivity index (χ0) is 19.6. The lowest BCUT2D eigenvalue weighted by atomic mass is 10.2. The molecule has 2 aromatic rings. The summed E-state index contributed by atoms with van der Waals surface area (Å²) in [5.74, 6) is -0.441. The van der Waals surface area contributed by atoms with E-state index in [1.807, 2.05) is 19.1 Å². The monoisotopic (exact) mass is 404 g/mol. The molecule has 1 aromatic carbocycles. The van der Waals surface area contributed by atoms with Gasteiger partial charge in [-0.1, -0.05) is 19.9 Å². The van der Waals surface area contributed by atoms with Gasteiger partial charge in [-0.05, 0) is 43.3 Å². The van der Waals surface area contributed by atoms with Gasteiger partial charge >= 0.3 is 5.97 Å². The lowest BCUT2D eigenvalue weighted by molar-refractivity contribution is -0.129. The first kappa shape index (κ1) is 19.5. The van der Waals surface area contributed by atoms with Crippen molar-refractivity contribution < 1.29 is 17.9 Å². The molecule has 0 bridgehead atoms. The number of carbonyl (C=O) groups excluding carboxylic acids is 1. The summed E-state index contributed by atoms with van der Waals surface area (Å²) in [7, 11) is -3.60. The number of rotatable bonds is 6. The molecule has 6 nitrogen and oxygen atoms in total. The molecular formula is C19H20N2O4S2. The van der Waals surface area contributed by atoms with E-state index >= 15 is 0 Å². The van der Waals surface area contributed by atoms with Crippen LogP contribution in [0, 0.1) is 6.92 Å². The number of cyclic esters (lactones) is 1. The lowest BCUT2D eigenvalue weighted by Crippen LogP contribution is -2.30. The molecule has 1 aliphatic rings. The Morgan fingerprint density at radius 2 is 1.93 bits per heavy atom. The van der Waals surface area contributed by atoms with Gasteiger partial charge in [-0.2, -0.15) is 4.31 Å². The van der Waals surface area contributed by atoms with Crippen molar-refractivity contribution in [3.8, 4) is 0 Å². The molecule has 142 valence electrons. The van der Waals surface area contributed by atoms with Crippen LogP contribution in [0.3, 0.4) is 0 Å². The number of carbonyl (C=O) groups is 1. The number of hydrogen-bond acceptors (Lipinski definition) is 6. The Bertz CT molecular complexity index is 1030. The SMILES string of the molecule is CCN(CC)S(=O)(=O)c1cccc(C2=NC(=Cc3ccc(C)s3)C(=O)O2)c1. The standard InChI is InChI=1S/C19H20N2O4S2/c1-4-21(5-2)27(23,24)16-8-6-7-14(11-16)18-20-17(19(22)25-18)12-15-10-9-13(3)26-15/h6-12H,4-5H2,1-3H3. The lowest BCUT2D eigenvalue weighted by Gasteiger charge is -2.18. The van der Waals surface area contributed by atoms with Crippen LogP contribution >= 0.6 is 11.3 Å². The number of aliphatic imine (C=N–C) groups is 1. The third-order valence-electron chi connectivity index (χ3n) is 4.08. The minimum Gasteiger partial charge on any atom is -0.402 e. The second-order valence-electron chi connectivity index (χ2n) is 5.90. The van der Waals surface area contributed by atoms with Crippen LogP contribution in [0.2, 0.25) is 0 Å². The van der Waals surface area contributed by atoms with Gasteiger partial charge in [0, 0.05) is 28.4 Å². The van der Waals surface area contributed by atoms with Gasteiger partial charge in [0.25, 0.3) is 0 Å². The van der Waals surface area contributed by atoms with Crippen molar-refractivity contribution in [3.05, 3.63) is 57.4 Å². The van der Waals surface area contributed by atoms with Gasteiger partial charge in [-0.15, -0.1) is 11.3 Å². The summed E-state index contributed by atoms with van der Waals surface area (Å²) >= 11 is 1.55. The summed E-state index contributed by atoms with van der Waals surface area (Å²) in [6.45, 7) is 6.32. The van der Waals surface area contributed by atoms with Gasteiger partial charge in [0.05, 0.1) is 4.90 Å². The third-order valence-corrected chi connectivity index (χ3v) is 7.08. The van der Waals surface area contributed by atoms with E-state index in [0.29, 0.717) is 18.7 Å². The van der Waals surface area contributed by atoms with Crippen LogP contribution in [0.15, 0.2) is 52.0 Å². The first-order valence-corrected chi connectivity index (χ1v) is 10.8. The molecule has 0 saturated carbocycles. The summed E-state index contributed by atoms with van der Waals surface area (Å²) in [4.78, 5) is 18.6. The smallest absolute Gasteiger partial charge is 0.363 e. The minimum absolute atomic E-state index is 0.108. The zero-order valence-electron chi connectivity index (χ0n) is 15.3. The van der Waals surface area contributed by atoms with Gasteiger partial charge in [0.2, 0.25) is 15.9 Å². The van der Waals surface area contributed by atoms with E-state index in [4.69, 9.17) is 4.74 Å². The summed E-state index contributed by atoms with van der Waals surface area (Å²) in [6, 6.07) is 10.2. The van der Waals surface area contributed by atoms with Crippen molar-refractivity contribution in [2.75, 3.05) is 13.1 Å². The molecule has 0 unspecified atom stereocenters. The Morgan fingerprint density at radius 1 is 1.19 bits per heavy atom. The van der Waals surface area contributed by atoms with E-state index in [9.17, 15) is 13.2 Å². The first-order valence-electron chi connectivity index (χ1n) is 8.54. The highest BCUT2D eigenvalue weighted by Gasteiger charge is 2.27. The number of sulfonamides is 1. The Kier molecular flexibility index (Phi) is 5.59. The molecule has 1 aromatic heterocycles. The molecule has 0 saturated heterocycles. The van der Waals surface area contributed by atoms with Gasteiger partial charge in [0.15, 0.2) is 5.70 Å². The molecule has 0 spiro atoms. The second kappa shape index (κ2) is 7.75. The molecule has 1 aliphatic heterocycles. The van der Waals surface area contributed by atoms with E-state index in [1.54, 1.807) is 43.4 Å². The third kappa shape index (κ3) is 4.02. The van der Waals surface area contributed by atoms with Crippen molar-refractivity contribution in [2.45, 2.75) is 25.7 Å². The number of ether oxygens (including phenoxy) is 1. The summed E-state index contributed by atoms with van der Waals surface area (Å²) in [6.07, 6.45) is 1.67. The van der Waals surface area contributed by atoms with E-state index < -0.39 is 16.0 Å². The Labute approximate surface area is 162 Å². The number of esters is 1. The maximum absolute atomic E-state index is 12.7. The fraction of sp³-hybridized carbons (Fsp3) is 0.263. The number of benzene rings is 1. The summed E-state index contributed by atoms with van der Waals surface area (Å²) in [5, 5.41) is 0. The minimum atomic E-state index is -3.60. The molecule has 0 radical (unpaired) electrons. The highest BCUT2D eigenvalue weighted by atomic mass is 32.2. The van der Waals surface area contributed by atoms with Crippen LogP contribution in [0.25, 0.3) is 6.08 Å². The largest absolute Gasteiger partial charge is 0.402 e. The summed E-state index contributed by atoms with van der Waals surface area (Å²) < 4.78 is 32.0. The molecule has 0 atom stereocenters. The van der Waals surface area contributed by atoms with E-state index in [-0.39, 0.29) is 16.5 Å². The topological polar surface area (TPSA) is 76.0 Å². The maximum atomic E-state index is 12.7. The Morgan fingerprint density at radius 3 is 2.56 bits per heavy atom. The van der Waals surface area contributed by atoms with E-state index in [0.717, 1.165) is 9.75 Å². The average Bonchev–Trinajstić information content (AvgIpc) is 3.22. The highest BCUT2D eigenvalue weighted by molar-refractivity contribution is 7.89. The van der Waals surface area contributed by atoms with E-state index in [2.05, 4.69) is 4.99 Å². The van der Waals surface area contributed by atoms with Crippen LogP contribution in [-0.2, 0) is 19.6 Å². The van der Waals surface area contributed by atoms with Crippen LogP contribution in [-0.4, -0.2) is 37.7 Å². The van der Waals surface area contributed by atoms with Crippen molar-refractivity contribution >= 4 is 39.3 Å². The quantitative estimate of drug-likeness (QED) is 0.546. The fourth-order valence-electron chi connectivity index (χ4n) is 2.70. The predicted octanol–water partition coefficient (Wildman–Crippen LogP) is 3.43. The molecule has 8 heteroatoms. The van der Waals surface area contributed by atoms with E-state index in [1.165, 1.54) is 16.4 Å². The fourth-order valence-corrected chi connectivity index (χ4v) is 5.02. The van der Waals surface area contributed by atoms with Crippen LogP contribution in [0.1, 0.15) is 29.2 Å².